The van der Waals surface area contributed by atoms with E-state index in [9.17, 15) is 0 Å². The maximum Gasteiger partial charge on any atom is 0.216 e. The fourth-order valence-corrected chi connectivity index (χ4v) is 5.52. The number of aromatic nitrogens is 1. The number of piperidine rings is 1. The van der Waals surface area contributed by atoms with Crippen molar-refractivity contribution in [2.24, 2.45) is 0 Å². The molecule has 4 nitrogen and oxygen atoms in total. The summed E-state index contributed by atoms with van der Waals surface area (Å²) in [7, 11) is 4.46. The Kier molecular flexibility index (Phi) is 6.94. The highest BCUT2D eigenvalue weighted by Crippen LogP contribution is 2.34. The average Bonchev–Trinajstić information content (AvgIpc) is 3.28. The molecule has 0 N–H and O–H groups in total. The summed E-state index contributed by atoms with van der Waals surface area (Å²) in [5.74, 6) is 0.728. The lowest BCUT2D eigenvalue weighted by molar-refractivity contribution is 0.212. The predicted octanol–water partition coefficient (Wildman–Crippen LogP) is 4.25. The van der Waals surface area contributed by atoms with Crippen LogP contribution in [-0.2, 0) is 19.3 Å². The molecule has 5 heteroatoms. The van der Waals surface area contributed by atoms with Crippen LogP contribution in [0.2, 0.25) is 0 Å². The summed E-state index contributed by atoms with van der Waals surface area (Å²) in [5, 5.41) is 1.26. The molecule has 1 saturated heterocycles. The van der Waals surface area contributed by atoms with Gasteiger partial charge in [-0.1, -0.05) is 42.5 Å². The van der Waals surface area contributed by atoms with Gasteiger partial charge in [0.1, 0.15) is 0 Å². The van der Waals surface area contributed by atoms with Crippen LogP contribution >= 0.6 is 9.24 Å². The first-order valence-electron chi connectivity index (χ1n) is 12.1. The van der Waals surface area contributed by atoms with Crippen LogP contribution in [0.4, 0.5) is 5.69 Å². The first kappa shape index (κ1) is 22.4. The van der Waals surface area contributed by atoms with E-state index in [0.29, 0.717) is 6.04 Å². The smallest absolute Gasteiger partial charge is 0.216 e. The molecule has 1 fully saturated rings. The molecule has 0 bridgehead atoms. The summed E-state index contributed by atoms with van der Waals surface area (Å²) in [4.78, 5) is 9.70. The van der Waals surface area contributed by atoms with Gasteiger partial charge >= 0.3 is 0 Å². The highest BCUT2D eigenvalue weighted by molar-refractivity contribution is 7.27. The lowest BCUT2D eigenvalue weighted by Gasteiger charge is -2.38. The van der Waals surface area contributed by atoms with Crippen molar-refractivity contribution in [3.63, 3.8) is 0 Å². The molecule has 3 heterocycles. The molecule has 0 radical (unpaired) electrons. The Bertz CT molecular complexity index is 1080. The maximum absolute atomic E-state index is 5.46. The highest BCUT2D eigenvalue weighted by atomic mass is 31.0. The van der Waals surface area contributed by atoms with Gasteiger partial charge in [0.15, 0.2) is 0 Å². The minimum Gasteiger partial charge on any atom is -0.481 e. The van der Waals surface area contributed by atoms with E-state index in [1.807, 2.05) is 6.07 Å². The van der Waals surface area contributed by atoms with Crippen LogP contribution in [0.25, 0.3) is 0 Å². The first-order valence-corrected chi connectivity index (χ1v) is 12.7. The number of ether oxygens (including phenoxy) is 1. The number of hydrogen-bond acceptors (Lipinski definition) is 4. The van der Waals surface area contributed by atoms with E-state index in [4.69, 9.17) is 4.74 Å². The van der Waals surface area contributed by atoms with Gasteiger partial charge in [0.05, 0.1) is 7.11 Å². The fourth-order valence-electron chi connectivity index (χ4n) is 5.33. The van der Waals surface area contributed by atoms with E-state index in [-0.39, 0.29) is 0 Å². The summed E-state index contributed by atoms with van der Waals surface area (Å²) in [5.41, 5.74) is 6.86. The summed E-state index contributed by atoms with van der Waals surface area (Å²) < 4.78 is 5.46. The minimum absolute atomic E-state index is 0.655. The summed E-state index contributed by atoms with van der Waals surface area (Å²) in [6.45, 7) is 4.72. The molecule has 1 unspecified atom stereocenters. The Hall–Kier alpha value is -2.42. The molecular formula is C28H34N3OP. The van der Waals surface area contributed by atoms with Crippen molar-refractivity contribution in [3.8, 4) is 5.88 Å². The van der Waals surface area contributed by atoms with Crippen molar-refractivity contribution in [1.29, 1.82) is 0 Å². The number of likely N-dealkylation sites (tertiary alicyclic amines) is 1. The van der Waals surface area contributed by atoms with Crippen LogP contribution in [0.1, 0.15) is 35.1 Å². The third kappa shape index (κ3) is 5.23. The van der Waals surface area contributed by atoms with Gasteiger partial charge in [-0.3, -0.25) is 0 Å². The summed E-state index contributed by atoms with van der Waals surface area (Å²) in [6.07, 6.45) is 7.46. The molecule has 0 saturated carbocycles. The van der Waals surface area contributed by atoms with Gasteiger partial charge in [-0.15, -0.1) is 9.24 Å². The van der Waals surface area contributed by atoms with Gasteiger partial charge in [-0.2, -0.15) is 0 Å². The standard InChI is InChI=1S/C28H34N3OP/c1-32-28-24(3-2-14-29-28)19-22-4-7-23-11-18-31(27(23)20-22)25-12-16-30(17-13-25)15-10-21-5-8-26(33)9-6-21/h2-9,14,20,25H,10-13,15-19,33H2,1H3. The third-order valence-electron chi connectivity index (χ3n) is 7.21. The number of benzene rings is 2. The van der Waals surface area contributed by atoms with E-state index >= 15 is 0 Å². The van der Waals surface area contributed by atoms with Gasteiger partial charge in [-0.25, -0.2) is 4.98 Å². The number of rotatable bonds is 7. The fraction of sp³-hybridized carbons (Fsp3) is 0.393. The Balaban J connectivity index is 1.20. The van der Waals surface area contributed by atoms with Gasteiger partial charge in [0.25, 0.3) is 0 Å². The number of hydrogen-bond donors (Lipinski definition) is 0. The largest absolute Gasteiger partial charge is 0.481 e. The number of pyridine rings is 1. The van der Waals surface area contributed by atoms with Crippen molar-refractivity contribution >= 4 is 20.2 Å². The molecule has 0 spiro atoms. The Morgan fingerprint density at radius 2 is 1.79 bits per heavy atom. The summed E-state index contributed by atoms with van der Waals surface area (Å²) >= 11 is 0. The van der Waals surface area contributed by atoms with Crippen LogP contribution in [0.3, 0.4) is 0 Å². The van der Waals surface area contributed by atoms with E-state index in [1.165, 1.54) is 53.6 Å². The molecule has 1 aromatic heterocycles. The van der Waals surface area contributed by atoms with E-state index in [0.717, 1.165) is 43.8 Å². The molecule has 3 aromatic rings. The molecule has 5 rings (SSSR count). The van der Waals surface area contributed by atoms with Crippen molar-refractivity contribution in [2.75, 3.05) is 38.2 Å². The lowest BCUT2D eigenvalue weighted by atomic mass is 10.0. The molecule has 172 valence electrons. The average molecular weight is 460 g/mol. The normalized spacial score (nSPS) is 16.7. The third-order valence-corrected chi connectivity index (χ3v) is 7.60. The SMILES string of the molecule is COc1ncccc1Cc1ccc2c(c1)N(C1CCN(CCc3ccc(P)cc3)CC1)CC2. The van der Waals surface area contributed by atoms with Crippen molar-refractivity contribution in [1.82, 2.24) is 9.88 Å². The Morgan fingerprint density at radius 3 is 2.58 bits per heavy atom. The van der Waals surface area contributed by atoms with Crippen LogP contribution in [-0.4, -0.2) is 49.2 Å². The molecule has 0 amide bonds. The zero-order valence-corrected chi connectivity index (χ0v) is 20.7. The molecule has 2 aliphatic rings. The van der Waals surface area contributed by atoms with Crippen LogP contribution in [0.5, 0.6) is 5.88 Å². The number of anilines is 1. The second-order valence-electron chi connectivity index (χ2n) is 9.32. The molecule has 33 heavy (non-hydrogen) atoms. The maximum atomic E-state index is 5.46. The minimum atomic E-state index is 0.655. The van der Waals surface area contributed by atoms with Gasteiger partial charge in [0, 0.05) is 56.1 Å². The second-order valence-corrected chi connectivity index (χ2v) is 9.99. The number of fused-ring (bicyclic) bond motifs is 1. The van der Waals surface area contributed by atoms with Gasteiger partial charge < -0.3 is 14.5 Å². The van der Waals surface area contributed by atoms with Gasteiger partial charge in [-0.05, 0) is 59.8 Å². The van der Waals surface area contributed by atoms with Gasteiger partial charge in [0.2, 0.25) is 5.88 Å². The lowest BCUT2D eigenvalue weighted by Crippen LogP contribution is -2.45. The van der Waals surface area contributed by atoms with Crippen molar-refractivity contribution < 1.29 is 4.74 Å². The van der Waals surface area contributed by atoms with Crippen molar-refractivity contribution in [3.05, 3.63) is 83.0 Å². The first-order chi connectivity index (χ1) is 16.2. The van der Waals surface area contributed by atoms with Crippen LogP contribution in [0.15, 0.2) is 60.8 Å². The highest BCUT2D eigenvalue weighted by Gasteiger charge is 2.29. The van der Waals surface area contributed by atoms with Crippen LogP contribution in [0, 0.1) is 0 Å². The molecule has 2 aliphatic heterocycles. The molecule has 2 aromatic carbocycles. The Morgan fingerprint density at radius 1 is 1.00 bits per heavy atom. The monoisotopic (exact) mass is 459 g/mol. The Labute approximate surface area is 200 Å². The zero-order chi connectivity index (χ0) is 22.6. The predicted molar refractivity (Wildman–Crippen MR) is 140 cm³/mol. The van der Waals surface area contributed by atoms with Crippen molar-refractivity contribution in [2.45, 2.75) is 38.1 Å². The van der Waals surface area contributed by atoms with E-state index in [2.05, 4.69) is 72.6 Å². The summed E-state index contributed by atoms with van der Waals surface area (Å²) in [6, 6.07) is 20.7. The van der Waals surface area contributed by atoms with Crippen LogP contribution < -0.4 is 14.9 Å². The quantitative estimate of drug-likeness (QED) is 0.494. The zero-order valence-electron chi connectivity index (χ0n) is 19.5. The molecule has 1 atom stereocenters. The second kappa shape index (κ2) is 10.2. The van der Waals surface area contributed by atoms with E-state index < -0.39 is 0 Å². The number of methoxy groups -OCH3 is 1. The topological polar surface area (TPSA) is 28.6 Å². The molecular weight excluding hydrogens is 425 g/mol. The number of nitrogens with zero attached hydrogens (tertiary/aromatic N) is 3. The molecule has 0 aliphatic carbocycles. The van der Waals surface area contributed by atoms with E-state index in [1.54, 1.807) is 13.3 Å².